The number of alkyl halides is 3. The molecule has 2 N–H and O–H groups in total. The van der Waals surface area contributed by atoms with Gasteiger partial charge in [-0.3, -0.25) is 14.6 Å². The van der Waals surface area contributed by atoms with Crippen molar-refractivity contribution >= 4 is 34.2 Å². The molecule has 4 heterocycles. The van der Waals surface area contributed by atoms with Gasteiger partial charge in [0.1, 0.15) is 29.3 Å². The Bertz CT molecular complexity index is 1990. The highest BCUT2D eigenvalue weighted by Gasteiger charge is 2.46. The summed E-state index contributed by atoms with van der Waals surface area (Å²) in [7, 11) is 1.67. The lowest BCUT2D eigenvalue weighted by Crippen LogP contribution is -2.53. The number of anilines is 2. The third kappa shape index (κ3) is 6.42. The number of carbonyl (C=O) groups is 2. The number of fused-ring (bicyclic) bond motifs is 1. The number of hydrogen-bond acceptors (Lipinski definition) is 7. The smallest absolute Gasteiger partial charge is 0.411 e. The minimum Gasteiger partial charge on any atom is -0.480 e. The van der Waals surface area contributed by atoms with Crippen LogP contribution in [0.25, 0.3) is 22.0 Å². The monoisotopic (exact) mass is 685 g/mol. The van der Waals surface area contributed by atoms with Crippen molar-refractivity contribution in [1.82, 2.24) is 14.9 Å². The van der Waals surface area contributed by atoms with Crippen LogP contribution in [-0.2, 0) is 23.0 Å². The molecule has 49 heavy (non-hydrogen) atoms. The average Bonchev–Trinajstić information content (AvgIpc) is 3.02. The van der Waals surface area contributed by atoms with Crippen LogP contribution in [0.5, 0.6) is 0 Å². The second-order valence-corrected chi connectivity index (χ2v) is 12.1. The van der Waals surface area contributed by atoms with Gasteiger partial charge in [0.05, 0.1) is 30.0 Å². The van der Waals surface area contributed by atoms with Gasteiger partial charge in [0.2, 0.25) is 0 Å². The number of aromatic nitrogens is 2. The first kappa shape index (κ1) is 33.8. The van der Waals surface area contributed by atoms with Gasteiger partial charge in [-0.25, -0.2) is 13.6 Å². The molecule has 0 spiro atoms. The number of halogens is 5. The highest BCUT2D eigenvalue weighted by Crippen LogP contribution is 2.37. The number of aryl methyl sites for hydroxylation is 1. The fourth-order valence-electron chi connectivity index (χ4n) is 6.25. The van der Waals surface area contributed by atoms with Gasteiger partial charge in [0.25, 0.3) is 11.5 Å². The van der Waals surface area contributed by atoms with E-state index in [4.69, 9.17) is 4.74 Å². The summed E-state index contributed by atoms with van der Waals surface area (Å²) in [5.74, 6) is -5.81. The Morgan fingerprint density at radius 2 is 1.82 bits per heavy atom. The quantitative estimate of drug-likeness (QED) is 0.259. The number of nitrogens with zero attached hydrogens (tertiary/aromatic N) is 4. The topological polar surface area (TPSA) is 117 Å². The number of morpholine rings is 1. The molecule has 2 aliphatic heterocycles. The maximum atomic E-state index is 15.2. The molecular weight excluding hydrogens is 653 g/mol. The van der Waals surface area contributed by atoms with E-state index in [9.17, 15) is 32.7 Å². The normalized spacial score (nSPS) is 17.2. The van der Waals surface area contributed by atoms with Crippen LogP contribution in [0, 0.1) is 18.6 Å². The number of nitrogens with one attached hydrogen (secondary N) is 1. The SMILES string of the molecule is Cc1cc(N2CCC2)c(-c2ccc(C[C@H](NC(=O)c3c(F)cc(N4CCOC[C@@H]4C(F)(F)F)cc3F)C(=O)O)c3cccnc23)c(=O)n1C. The minimum absolute atomic E-state index is 0.106. The highest BCUT2D eigenvalue weighted by atomic mass is 19.4. The predicted octanol–water partition coefficient (Wildman–Crippen LogP) is 4.59. The van der Waals surface area contributed by atoms with Gasteiger partial charge in [-0.15, -0.1) is 0 Å². The minimum atomic E-state index is -4.75. The second kappa shape index (κ2) is 13.1. The van der Waals surface area contributed by atoms with Crippen molar-refractivity contribution in [2.24, 2.45) is 7.05 Å². The van der Waals surface area contributed by atoms with Crippen molar-refractivity contribution in [3.63, 3.8) is 0 Å². The van der Waals surface area contributed by atoms with Crippen molar-refractivity contribution in [1.29, 1.82) is 0 Å². The van der Waals surface area contributed by atoms with Gasteiger partial charge in [0, 0.05) is 61.6 Å². The maximum Gasteiger partial charge on any atom is 0.411 e. The Kier molecular flexibility index (Phi) is 9.05. The van der Waals surface area contributed by atoms with Crippen molar-refractivity contribution in [3.05, 3.63) is 87.5 Å². The van der Waals surface area contributed by atoms with E-state index in [0.29, 0.717) is 39.7 Å². The molecule has 2 aromatic heterocycles. The summed E-state index contributed by atoms with van der Waals surface area (Å²) in [6.07, 6.45) is -2.55. The number of amides is 1. The van der Waals surface area contributed by atoms with Gasteiger partial charge in [-0.2, -0.15) is 13.2 Å². The Morgan fingerprint density at radius 1 is 1.10 bits per heavy atom. The number of carboxylic acids is 1. The number of carboxylic acid groups (broad SMARTS) is 1. The van der Waals surface area contributed by atoms with E-state index >= 15 is 8.78 Å². The molecule has 15 heteroatoms. The molecule has 2 atom stereocenters. The second-order valence-electron chi connectivity index (χ2n) is 12.1. The van der Waals surface area contributed by atoms with Gasteiger partial charge < -0.3 is 29.5 Å². The summed E-state index contributed by atoms with van der Waals surface area (Å²) >= 11 is 0. The van der Waals surface area contributed by atoms with Crippen molar-refractivity contribution in [2.75, 3.05) is 42.6 Å². The number of carbonyl (C=O) groups excluding carboxylic acids is 1. The van der Waals surface area contributed by atoms with Crippen LogP contribution >= 0.6 is 0 Å². The van der Waals surface area contributed by atoms with Crippen LogP contribution in [0.2, 0.25) is 0 Å². The van der Waals surface area contributed by atoms with Gasteiger partial charge >= 0.3 is 12.1 Å². The maximum absolute atomic E-state index is 15.2. The Labute approximate surface area is 276 Å². The van der Waals surface area contributed by atoms with E-state index in [2.05, 4.69) is 15.2 Å². The van der Waals surface area contributed by atoms with E-state index < -0.39 is 59.6 Å². The molecule has 10 nitrogen and oxygen atoms in total. The van der Waals surface area contributed by atoms with Crippen LogP contribution in [0.1, 0.15) is 28.0 Å². The van der Waals surface area contributed by atoms with Crippen molar-refractivity contribution in [2.45, 2.75) is 38.0 Å². The predicted molar refractivity (Wildman–Crippen MR) is 171 cm³/mol. The lowest BCUT2D eigenvalue weighted by molar-refractivity contribution is -0.167. The average molecular weight is 686 g/mol. The van der Waals surface area contributed by atoms with Crippen LogP contribution in [0.3, 0.4) is 0 Å². The van der Waals surface area contributed by atoms with E-state index in [1.807, 2.05) is 13.0 Å². The summed E-state index contributed by atoms with van der Waals surface area (Å²) in [5, 5.41) is 12.7. The Hall–Kier alpha value is -5.05. The van der Waals surface area contributed by atoms with Crippen molar-refractivity contribution in [3.8, 4) is 11.1 Å². The number of benzene rings is 2. The largest absolute Gasteiger partial charge is 0.480 e. The molecule has 0 saturated carbocycles. The molecule has 6 rings (SSSR count). The van der Waals surface area contributed by atoms with Crippen LogP contribution in [-0.4, -0.2) is 77.6 Å². The number of rotatable bonds is 8. The fourth-order valence-corrected chi connectivity index (χ4v) is 6.25. The van der Waals surface area contributed by atoms with E-state index in [1.54, 1.807) is 31.3 Å². The number of pyridine rings is 2. The van der Waals surface area contributed by atoms with Gasteiger partial charge in [0.15, 0.2) is 0 Å². The number of hydrogen-bond donors (Lipinski definition) is 2. The van der Waals surface area contributed by atoms with Crippen LogP contribution in [0.4, 0.5) is 33.3 Å². The molecule has 1 amide bonds. The first-order valence-electron chi connectivity index (χ1n) is 15.5. The third-order valence-electron chi connectivity index (χ3n) is 9.09. The molecule has 2 aromatic carbocycles. The first-order chi connectivity index (χ1) is 23.3. The van der Waals surface area contributed by atoms with E-state index in [-0.39, 0.29) is 25.1 Å². The van der Waals surface area contributed by atoms with Crippen LogP contribution in [0.15, 0.2) is 53.5 Å². The van der Waals surface area contributed by atoms with E-state index in [1.165, 1.54) is 10.8 Å². The summed E-state index contributed by atoms with van der Waals surface area (Å²) in [6, 6.07) is 5.96. The molecule has 2 aliphatic rings. The molecule has 2 saturated heterocycles. The molecule has 4 aromatic rings. The molecule has 0 unspecified atom stereocenters. The summed E-state index contributed by atoms with van der Waals surface area (Å²) in [4.78, 5) is 46.4. The Morgan fingerprint density at radius 3 is 2.45 bits per heavy atom. The summed E-state index contributed by atoms with van der Waals surface area (Å²) in [5.41, 5.74) is 1.57. The van der Waals surface area contributed by atoms with Gasteiger partial charge in [-0.05, 0) is 43.2 Å². The molecule has 0 aliphatic carbocycles. The molecular formula is C34H32F5N5O5. The molecule has 0 bridgehead atoms. The standard InChI is InChI=1S/C34H32F5N5O5/c1-18-13-26(43-9-4-10-43)28(32(46)42(18)2)22-7-6-19(21-5-3-8-40-30(21)22)14-25(33(47)48)41-31(45)29-23(35)15-20(16-24(29)36)44-11-12-49-17-27(44)34(37,38)39/h3,5-8,13,15-16,25,27H,4,9-12,14,17H2,1-2H3,(H,41,45)(H,47,48)/t25-,27+/m0/s1. The lowest BCUT2D eigenvalue weighted by atomic mass is 9.94. The molecule has 0 radical (unpaired) electrons. The highest BCUT2D eigenvalue weighted by molar-refractivity contribution is 6.00. The molecule has 258 valence electrons. The summed E-state index contributed by atoms with van der Waals surface area (Å²) < 4.78 is 77.5. The lowest BCUT2D eigenvalue weighted by Gasteiger charge is -2.38. The van der Waals surface area contributed by atoms with E-state index in [0.717, 1.165) is 35.8 Å². The fraction of sp³-hybridized carbons (Fsp3) is 0.353. The number of aliphatic carboxylic acids is 1. The third-order valence-corrected chi connectivity index (χ3v) is 9.09. The van der Waals surface area contributed by atoms with Crippen molar-refractivity contribution < 1.29 is 41.4 Å². The first-order valence-corrected chi connectivity index (χ1v) is 15.5. The Balaban J connectivity index is 1.31. The molecule has 2 fully saturated rings. The number of ether oxygens (including phenoxy) is 1. The zero-order valence-corrected chi connectivity index (χ0v) is 26.5. The van der Waals surface area contributed by atoms with Gasteiger partial charge in [-0.1, -0.05) is 18.2 Å². The zero-order valence-electron chi connectivity index (χ0n) is 26.5. The van der Waals surface area contributed by atoms with Crippen LogP contribution < -0.4 is 20.7 Å². The summed E-state index contributed by atoms with van der Waals surface area (Å²) in [6.45, 7) is 2.28. The zero-order chi connectivity index (χ0) is 35.2.